The predicted octanol–water partition coefficient (Wildman–Crippen LogP) is 8.42. The number of benzene rings is 3. The molecule has 0 bridgehead atoms. The first-order chi connectivity index (χ1) is 17.4. The number of amides is 2. The maximum Gasteiger partial charge on any atom is 0.298 e. The minimum absolute atomic E-state index is 0.338. The molecule has 5 nitrogen and oxygen atoms in total. The van der Waals surface area contributed by atoms with E-state index >= 15 is 0 Å². The Kier molecular flexibility index (Phi) is 7.44. The van der Waals surface area contributed by atoms with Crippen LogP contribution in [0.4, 0.5) is 10.5 Å². The largest absolute Gasteiger partial charge is 0.492 e. The fourth-order valence-electron chi connectivity index (χ4n) is 4.00. The zero-order valence-corrected chi connectivity index (χ0v) is 22.7. The highest BCUT2D eigenvalue weighted by atomic mass is 79.9. The van der Waals surface area contributed by atoms with Crippen LogP contribution in [0.1, 0.15) is 12.0 Å². The molecule has 182 valence electrons. The Labute approximate surface area is 230 Å². The van der Waals surface area contributed by atoms with Crippen LogP contribution in [-0.2, 0) is 11.3 Å². The number of hydrogen-bond acceptors (Lipinski definition) is 4. The quantitative estimate of drug-likeness (QED) is 0.158. The maximum atomic E-state index is 13.1. The number of para-hydroxylation sites is 1. The van der Waals surface area contributed by atoms with Gasteiger partial charge in [0, 0.05) is 38.7 Å². The summed E-state index contributed by atoms with van der Waals surface area (Å²) in [5.74, 6) is 0.314. The van der Waals surface area contributed by atoms with Gasteiger partial charge in [0.05, 0.1) is 22.2 Å². The van der Waals surface area contributed by atoms with Gasteiger partial charge in [-0.2, -0.15) is 0 Å². The molecule has 0 N–H and O–H groups in total. The Bertz CT molecular complexity index is 1500. The lowest BCUT2D eigenvalue weighted by molar-refractivity contribution is -0.113. The number of halogens is 3. The lowest BCUT2D eigenvalue weighted by Crippen LogP contribution is -2.27. The van der Waals surface area contributed by atoms with Crippen molar-refractivity contribution in [1.29, 1.82) is 0 Å². The van der Waals surface area contributed by atoms with Crippen molar-refractivity contribution in [3.63, 3.8) is 0 Å². The SMILES string of the molecule is O=C1S/C(=C\c2cn(CCCOc3ccccc3Cl)c3ccc(Br)cc23)C(=O)N1c1ccc(Cl)cc1. The van der Waals surface area contributed by atoms with Gasteiger partial charge in [-0.15, -0.1) is 0 Å². The molecular formula is C27H19BrCl2N2O3S. The van der Waals surface area contributed by atoms with Crippen LogP contribution in [0.3, 0.4) is 0 Å². The minimum Gasteiger partial charge on any atom is -0.492 e. The number of aryl methyl sites for hydroxylation is 1. The average Bonchev–Trinajstić information content (AvgIpc) is 3.34. The van der Waals surface area contributed by atoms with Gasteiger partial charge < -0.3 is 9.30 Å². The van der Waals surface area contributed by atoms with Crippen LogP contribution in [0.15, 0.2) is 82.3 Å². The summed E-state index contributed by atoms with van der Waals surface area (Å²) < 4.78 is 8.89. The number of rotatable bonds is 7. The number of hydrogen-bond donors (Lipinski definition) is 0. The number of carbonyl (C=O) groups is 2. The molecule has 1 aliphatic heterocycles. The molecule has 0 radical (unpaired) electrons. The van der Waals surface area contributed by atoms with E-state index in [1.807, 2.05) is 42.6 Å². The Morgan fingerprint density at radius 2 is 1.78 bits per heavy atom. The van der Waals surface area contributed by atoms with Crippen LogP contribution < -0.4 is 9.64 Å². The molecule has 0 atom stereocenters. The Hall–Kier alpha value is -2.71. The number of ether oxygens (including phenoxy) is 1. The van der Waals surface area contributed by atoms with Gasteiger partial charge in [-0.05, 0) is 78.9 Å². The highest BCUT2D eigenvalue weighted by molar-refractivity contribution is 9.10. The molecule has 4 aromatic rings. The van der Waals surface area contributed by atoms with Crippen LogP contribution in [-0.4, -0.2) is 22.3 Å². The van der Waals surface area contributed by atoms with Crippen LogP contribution in [0.25, 0.3) is 17.0 Å². The summed E-state index contributed by atoms with van der Waals surface area (Å²) in [6.07, 6.45) is 4.55. The highest BCUT2D eigenvalue weighted by Gasteiger charge is 2.36. The maximum absolute atomic E-state index is 13.1. The topological polar surface area (TPSA) is 51.5 Å². The number of imide groups is 1. The Morgan fingerprint density at radius 3 is 2.56 bits per heavy atom. The lowest BCUT2D eigenvalue weighted by atomic mass is 10.1. The Balaban J connectivity index is 1.38. The van der Waals surface area contributed by atoms with Crippen LogP contribution in [0.5, 0.6) is 5.75 Å². The second kappa shape index (κ2) is 10.7. The van der Waals surface area contributed by atoms with Crippen molar-refractivity contribution in [2.75, 3.05) is 11.5 Å². The molecule has 36 heavy (non-hydrogen) atoms. The zero-order chi connectivity index (χ0) is 25.2. The summed E-state index contributed by atoms with van der Waals surface area (Å²) >= 11 is 16.6. The average molecular weight is 602 g/mol. The molecule has 9 heteroatoms. The first-order valence-corrected chi connectivity index (χ1v) is 13.5. The number of fused-ring (bicyclic) bond motifs is 1. The predicted molar refractivity (Wildman–Crippen MR) is 151 cm³/mol. The van der Waals surface area contributed by atoms with Gasteiger partial charge in [0.15, 0.2) is 0 Å². The van der Waals surface area contributed by atoms with Crippen molar-refractivity contribution in [3.05, 3.63) is 97.9 Å². The third kappa shape index (κ3) is 5.20. The van der Waals surface area contributed by atoms with Crippen LogP contribution in [0.2, 0.25) is 10.0 Å². The molecule has 0 saturated carbocycles. The van der Waals surface area contributed by atoms with E-state index in [0.29, 0.717) is 39.5 Å². The summed E-state index contributed by atoms with van der Waals surface area (Å²) in [7, 11) is 0. The van der Waals surface area contributed by atoms with Gasteiger partial charge in [0.1, 0.15) is 5.75 Å². The molecule has 2 heterocycles. The molecule has 5 rings (SSSR count). The lowest BCUT2D eigenvalue weighted by Gasteiger charge is -2.12. The van der Waals surface area contributed by atoms with Gasteiger partial charge in [0.2, 0.25) is 0 Å². The molecule has 1 saturated heterocycles. The van der Waals surface area contributed by atoms with Crippen molar-refractivity contribution in [2.24, 2.45) is 0 Å². The molecular weight excluding hydrogens is 583 g/mol. The third-order valence-electron chi connectivity index (χ3n) is 5.68. The third-order valence-corrected chi connectivity index (χ3v) is 7.60. The van der Waals surface area contributed by atoms with Gasteiger partial charge >= 0.3 is 0 Å². The fraction of sp³-hybridized carbons (Fsp3) is 0.111. The second-order valence-corrected chi connectivity index (χ2v) is 10.8. The van der Waals surface area contributed by atoms with E-state index in [9.17, 15) is 9.59 Å². The molecule has 0 unspecified atom stereocenters. The molecule has 0 spiro atoms. The number of aromatic nitrogens is 1. The van der Waals surface area contributed by atoms with Crippen molar-refractivity contribution in [1.82, 2.24) is 4.57 Å². The van der Waals surface area contributed by atoms with E-state index in [1.54, 1.807) is 36.4 Å². The minimum atomic E-state index is -0.351. The summed E-state index contributed by atoms with van der Waals surface area (Å²) in [5, 5.41) is 1.77. The van der Waals surface area contributed by atoms with Crippen molar-refractivity contribution in [3.8, 4) is 5.75 Å². The van der Waals surface area contributed by atoms with Crippen molar-refractivity contribution in [2.45, 2.75) is 13.0 Å². The molecule has 1 fully saturated rings. The molecule has 1 aromatic heterocycles. The van der Waals surface area contributed by atoms with Crippen LogP contribution in [0, 0.1) is 0 Å². The molecule has 3 aromatic carbocycles. The summed E-state index contributed by atoms with van der Waals surface area (Å²) in [5.41, 5.74) is 2.38. The highest BCUT2D eigenvalue weighted by Crippen LogP contribution is 2.37. The van der Waals surface area contributed by atoms with Gasteiger partial charge in [-0.25, -0.2) is 4.90 Å². The second-order valence-electron chi connectivity index (χ2n) is 8.07. The monoisotopic (exact) mass is 600 g/mol. The summed E-state index contributed by atoms with van der Waals surface area (Å²) in [4.78, 5) is 27.3. The van der Waals surface area contributed by atoms with E-state index < -0.39 is 0 Å². The normalized spacial score (nSPS) is 14.9. The molecule has 2 amide bonds. The van der Waals surface area contributed by atoms with Crippen LogP contribution >= 0.6 is 50.9 Å². The molecule has 1 aliphatic rings. The van der Waals surface area contributed by atoms with E-state index in [2.05, 4.69) is 20.5 Å². The van der Waals surface area contributed by atoms with Gasteiger partial charge in [0.25, 0.3) is 11.1 Å². The van der Waals surface area contributed by atoms with E-state index in [-0.39, 0.29) is 11.1 Å². The summed E-state index contributed by atoms with van der Waals surface area (Å²) in [6, 6.07) is 20.1. The van der Waals surface area contributed by atoms with Gasteiger partial charge in [-0.3, -0.25) is 9.59 Å². The number of carbonyl (C=O) groups excluding carboxylic acids is 2. The molecule has 0 aliphatic carbocycles. The number of nitrogens with zero attached hydrogens (tertiary/aromatic N) is 2. The zero-order valence-electron chi connectivity index (χ0n) is 18.8. The summed E-state index contributed by atoms with van der Waals surface area (Å²) in [6.45, 7) is 1.22. The smallest absolute Gasteiger partial charge is 0.298 e. The fourth-order valence-corrected chi connectivity index (χ4v) is 5.51. The van der Waals surface area contributed by atoms with Crippen molar-refractivity contribution < 1.29 is 14.3 Å². The van der Waals surface area contributed by atoms with E-state index in [4.69, 9.17) is 27.9 Å². The first kappa shape index (κ1) is 25.0. The van der Waals surface area contributed by atoms with Gasteiger partial charge in [-0.1, -0.05) is 51.3 Å². The van der Waals surface area contributed by atoms with Crippen molar-refractivity contribution >= 4 is 84.7 Å². The Morgan fingerprint density at radius 1 is 1.00 bits per heavy atom. The first-order valence-electron chi connectivity index (χ1n) is 11.1. The van der Waals surface area contributed by atoms with E-state index in [1.165, 1.54) is 4.90 Å². The standard InChI is InChI=1S/C27H19BrCl2N2O3S/c28-18-6-11-23-21(15-18)17(16-31(23)12-3-13-35-24-5-2-1-4-22(24)30)14-25-26(33)32(27(34)36-25)20-9-7-19(29)8-10-20/h1-2,4-11,14-16H,3,12-13H2/b25-14-. The van der Waals surface area contributed by atoms with E-state index in [0.717, 1.165) is 39.1 Å². The number of anilines is 1. The number of thioether (sulfide) groups is 1.